The maximum atomic E-state index is 11.7. The predicted octanol–water partition coefficient (Wildman–Crippen LogP) is 3.29. The van der Waals surface area contributed by atoms with Gasteiger partial charge in [0.05, 0.1) is 12.0 Å². The van der Waals surface area contributed by atoms with Gasteiger partial charge in [0.15, 0.2) is 4.32 Å². The normalized spacial score (nSPS) is 15.3. The van der Waals surface area contributed by atoms with Gasteiger partial charge in [-0.2, -0.15) is 10.1 Å². The second-order valence-electron chi connectivity index (χ2n) is 5.00. The molecule has 0 radical (unpaired) electrons. The Morgan fingerprint density at radius 1 is 1.27 bits per heavy atom. The predicted molar refractivity (Wildman–Crippen MR) is 94.7 cm³/mol. The summed E-state index contributed by atoms with van der Waals surface area (Å²) in [4.78, 5) is 11.7. The standard InChI is InChI=1S/C16H15N3OS2/c1-11-8-13(9-17-19-15(20)10-22-16(19)21)12(2)18(11)14-6-4-3-5-7-14/h3-9H,10H2,1-2H3/b17-9+. The Hall–Kier alpha value is -1.92. The summed E-state index contributed by atoms with van der Waals surface area (Å²) in [5, 5.41) is 5.55. The first-order chi connectivity index (χ1) is 10.6. The molecular weight excluding hydrogens is 314 g/mol. The molecule has 112 valence electrons. The van der Waals surface area contributed by atoms with Crippen LogP contribution in [0.15, 0.2) is 41.5 Å². The molecule has 0 spiro atoms. The molecular formula is C16H15N3OS2. The fraction of sp³-hybridized carbons (Fsp3) is 0.188. The average Bonchev–Trinajstić information content (AvgIpc) is 2.98. The van der Waals surface area contributed by atoms with Crippen LogP contribution in [-0.4, -0.2) is 31.8 Å². The van der Waals surface area contributed by atoms with Crippen LogP contribution in [0, 0.1) is 13.8 Å². The van der Waals surface area contributed by atoms with Gasteiger partial charge in [-0.05, 0) is 32.0 Å². The molecule has 1 aliphatic heterocycles. The fourth-order valence-corrected chi connectivity index (χ4v) is 3.44. The highest BCUT2D eigenvalue weighted by Crippen LogP contribution is 2.22. The van der Waals surface area contributed by atoms with Gasteiger partial charge in [-0.1, -0.05) is 42.2 Å². The number of aromatic nitrogens is 1. The topological polar surface area (TPSA) is 37.6 Å². The Morgan fingerprint density at radius 3 is 2.64 bits per heavy atom. The molecule has 1 fully saturated rings. The Bertz CT molecular complexity index is 749. The third-order valence-electron chi connectivity index (χ3n) is 3.53. The highest BCUT2D eigenvalue weighted by molar-refractivity contribution is 8.23. The van der Waals surface area contributed by atoms with E-state index < -0.39 is 0 Å². The van der Waals surface area contributed by atoms with Crippen LogP contribution in [0.4, 0.5) is 0 Å². The summed E-state index contributed by atoms with van der Waals surface area (Å²) in [6.45, 7) is 4.10. The maximum Gasteiger partial charge on any atom is 0.259 e. The van der Waals surface area contributed by atoms with Gasteiger partial charge in [0.1, 0.15) is 0 Å². The Kier molecular flexibility index (Phi) is 4.13. The number of aryl methyl sites for hydroxylation is 1. The van der Waals surface area contributed by atoms with Crippen molar-refractivity contribution in [3.05, 3.63) is 53.3 Å². The van der Waals surface area contributed by atoms with Crippen LogP contribution in [0.1, 0.15) is 17.0 Å². The van der Waals surface area contributed by atoms with E-state index in [-0.39, 0.29) is 5.91 Å². The van der Waals surface area contributed by atoms with Gasteiger partial charge in [-0.3, -0.25) is 4.79 Å². The molecule has 0 aliphatic carbocycles. The first-order valence-electron chi connectivity index (χ1n) is 6.86. The van der Waals surface area contributed by atoms with Crippen molar-refractivity contribution in [2.24, 2.45) is 5.10 Å². The van der Waals surface area contributed by atoms with Gasteiger partial charge in [-0.15, -0.1) is 0 Å². The van der Waals surface area contributed by atoms with Crippen LogP contribution < -0.4 is 0 Å². The van der Waals surface area contributed by atoms with E-state index in [0.29, 0.717) is 10.1 Å². The van der Waals surface area contributed by atoms with Crippen molar-refractivity contribution >= 4 is 40.4 Å². The number of amides is 1. The number of hydrogen-bond donors (Lipinski definition) is 0. The first-order valence-corrected chi connectivity index (χ1v) is 8.25. The summed E-state index contributed by atoms with van der Waals surface area (Å²) in [6, 6.07) is 12.2. The molecule has 2 heterocycles. The lowest BCUT2D eigenvalue weighted by Gasteiger charge is -2.09. The number of para-hydroxylation sites is 1. The van der Waals surface area contributed by atoms with E-state index in [4.69, 9.17) is 12.2 Å². The maximum absolute atomic E-state index is 11.7. The molecule has 0 unspecified atom stereocenters. The molecule has 1 aromatic carbocycles. The molecule has 2 aromatic rings. The van der Waals surface area contributed by atoms with Crippen molar-refractivity contribution in [2.45, 2.75) is 13.8 Å². The zero-order chi connectivity index (χ0) is 15.7. The third-order valence-corrected chi connectivity index (χ3v) is 4.86. The lowest BCUT2D eigenvalue weighted by molar-refractivity contribution is -0.123. The van der Waals surface area contributed by atoms with Crippen LogP contribution in [0.3, 0.4) is 0 Å². The van der Waals surface area contributed by atoms with Crippen LogP contribution in [0.25, 0.3) is 5.69 Å². The average molecular weight is 329 g/mol. The first kappa shape index (κ1) is 15.0. The monoisotopic (exact) mass is 329 g/mol. The van der Waals surface area contributed by atoms with Crippen molar-refractivity contribution in [3.63, 3.8) is 0 Å². The van der Waals surface area contributed by atoms with E-state index in [0.717, 1.165) is 22.6 Å². The zero-order valence-electron chi connectivity index (χ0n) is 12.3. The molecule has 6 heteroatoms. The van der Waals surface area contributed by atoms with E-state index in [1.165, 1.54) is 16.8 Å². The number of benzene rings is 1. The molecule has 1 amide bonds. The van der Waals surface area contributed by atoms with Crippen molar-refractivity contribution < 1.29 is 4.79 Å². The number of thiocarbonyl (C=S) groups is 1. The molecule has 1 aromatic heterocycles. The molecule has 0 N–H and O–H groups in total. The van der Waals surface area contributed by atoms with E-state index in [9.17, 15) is 4.79 Å². The molecule has 4 nitrogen and oxygen atoms in total. The molecule has 3 rings (SSSR count). The van der Waals surface area contributed by atoms with Crippen LogP contribution in [0.5, 0.6) is 0 Å². The quantitative estimate of drug-likeness (QED) is 0.640. The Balaban J connectivity index is 1.93. The number of carbonyl (C=O) groups is 1. The summed E-state index contributed by atoms with van der Waals surface area (Å²) in [5.41, 5.74) is 4.29. The summed E-state index contributed by atoms with van der Waals surface area (Å²) in [6.07, 6.45) is 1.71. The molecule has 0 bridgehead atoms. The Labute approximate surface area is 138 Å². The lowest BCUT2D eigenvalue weighted by atomic mass is 10.2. The van der Waals surface area contributed by atoms with E-state index in [1.54, 1.807) is 6.21 Å². The number of nitrogens with zero attached hydrogens (tertiary/aromatic N) is 3. The third kappa shape index (κ3) is 2.71. The summed E-state index contributed by atoms with van der Waals surface area (Å²) in [7, 11) is 0. The van der Waals surface area contributed by atoms with Crippen LogP contribution in [0.2, 0.25) is 0 Å². The highest BCUT2D eigenvalue weighted by Gasteiger charge is 2.26. The minimum atomic E-state index is -0.0666. The van der Waals surface area contributed by atoms with Crippen LogP contribution >= 0.6 is 24.0 Å². The SMILES string of the molecule is Cc1cc(/C=N/N2C(=O)CSC2=S)c(C)n1-c1ccccc1. The van der Waals surface area contributed by atoms with Crippen LogP contribution in [-0.2, 0) is 4.79 Å². The van der Waals surface area contributed by atoms with Gasteiger partial charge in [-0.25, -0.2) is 0 Å². The number of thioether (sulfide) groups is 1. The molecule has 1 aliphatic rings. The van der Waals surface area contributed by atoms with E-state index in [1.807, 2.05) is 25.1 Å². The Morgan fingerprint density at radius 2 is 2.00 bits per heavy atom. The smallest absolute Gasteiger partial charge is 0.259 e. The minimum Gasteiger partial charge on any atom is -0.318 e. The molecule has 0 atom stereocenters. The number of carbonyl (C=O) groups excluding carboxylic acids is 1. The van der Waals surface area contributed by atoms with E-state index in [2.05, 4.69) is 34.8 Å². The second-order valence-corrected chi connectivity index (χ2v) is 6.61. The van der Waals surface area contributed by atoms with Gasteiger partial charge >= 0.3 is 0 Å². The summed E-state index contributed by atoms with van der Waals surface area (Å²) in [5.74, 6) is 0.308. The molecule has 0 saturated carbocycles. The number of rotatable bonds is 3. The lowest BCUT2D eigenvalue weighted by Crippen LogP contribution is -2.22. The summed E-state index contributed by atoms with van der Waals surface area (Å²) >= 11 is 6.47. The summed E-state index contributed by atoms with van der Waals surface area (Å²) < 4.78 is 2.68. The zero-order valence-corrected chi connectivity index (χ0v) is 13.9. The van der Waals surface area contributed by atoms with Gasteiger partial charge < -0.3 is 4.57 Å². The van der Waals surface area contributed by atoms with Crippen molar-refractivity contribution in [1.29, 1.82) is 0 Å². The second kappa shape index (κ2) is 6.06. The number of hydrogen-bond acceptors (Lipinski definition) is 4. The van der Waals surface area contributed by atoms with Crippen molar-refractivity contribution in [1.82, 2.24) is 9.58 Å². The fourth-order valence-electron chi connectivity index (χ4n) is 2.47. The highest BCUT2D eigenvalue weighted by atomic mass is 32.2. The van der Waals surface area contributed by atoms with Crippen molar-refractivity contribution in [2.75, 3.05) is 5.75 Å². The molecule has 1 saturated heterocycles. The number of hydrazone groups is 1. The minimum absolute atomic E-state index is 0.0666. The van der Waals surface area contributed by atoms with E-state index >= 15 is 0 Å². The van der Waals surface area contributed by atoms with Gasteiger partial charge in [0, 0.05) is 22.6 Å². The largest absolute Gasteiger partial charge is 0.318 e. The molecule has 22 heavy (non-hydrogen) atoms. The van der Waals surface area contributed by atoms with Gasteiger partial charge in [0.25, 0.3) is 5.91 Å². The van der Waals surface area contributed by atoms with Crippen molar-refractivity contribution in [3.8, 4) is 5.69 Å². The van der Waals surface area contributed by atoms with Gasteiger partial charge in [0.2, 0.25) is 0 Å².